The van der Waals surface area contributed by atoms with Crippen LogP contribution >= 0.6 is 11.6 Å². The Morgan fingerprint density at radius 1 is 1.35 bits per heavy atom. The van der Waals surface area contributed by atoms with E-state index in [9.17, 15) is 14.7 Å². The number of amides is 2. The van der Waals surface area contributed by atoms with Crippen LogP contribution in [0.25, 0.3) is 0 Å². The third kappa shape index (κ3) is 6.78. The molecule has 0 bridgehead atoms. The Morgan fingerprint density at radius 3 is 2.52 bits per heavy atom. The minimum absolute atomic E-state index is 0.0897. The van der Waals surface area contributed by atoms with Crippen LogP contribution in [0, 0.1) is 0 Å². The number of hydrogen-bond acceptors (Lipinski definition) is 3. The SMILES string of the molecule is COc1ccc(Cl)cc1CN(CCC(=O)NC(C)(C)C)C(=O)O. The zero-order valence-corrected chi connectivity index (χ0v) is 14.6. The monoisotopic (exact) mass is 342 g/mol. The second-order valence-corrected chi connectivity index (χ2v) is 6.64. The average molecular weight is 343 g/mol. The number of methoxy groups -OCH3 is 1. The van der Waals surface area contributed by atoms with Gasteiger partial charge in [-0.25, -0.2) is 4.79 Å². The van der Waals surface area contributed by atoms with Crippen molar-refractivity contribution >= 4 is 23.6 Å². The summed E-state index contributed by atoms with van der Waals surface area (Å²) < 4.78 is 5.21. The van der Waals surface area contributed by atoms with Gasteiger partial charge in [-0.3, -0.25) is 4.79 Å². The molecule has 0 saturated carbocycles. The number of rotatable bonds is 6. The molecule has 0 unspecified atom stereocenters. The van der Waals surface area contributed by atoms with Crippen molar-refractivity contribution in [3.63, 3.8) is 0 Å². The van der Waals surface area contributed by atoms with Gasteiger partial charge in [0.1, 0.15) is 5.75 Å². The summed E-state index contributed by atoms with van der Waals surface area (Å²) in [4.78, 5) is 24.4. The van der Waals surface area contributed by atoms with Crippen molar-refractivity contribution in [2.75, 3.05) is 13.7 Å². The fraction of sp³-hybridized carbons (Fsp3) is 0.500. The molecule has 2 amide bonds. The van der Waals surface area contributed by atoms with Gasteiger partial charge in [-0.05, 0) is 39.0 Å². The predicted molar refractivity (Wildman–Crippen MR) is 89.0 cm³/mol. The molecule has 128 valence electrons. The summed E-state index contributed by atoms with van der Waals surface area (Å²) in [6.07, 6.45) is -1.01. The van der Waals surface area contributed by atoms with Gasteiger partial charge in [0, 0.05) is 29.1 Å². The summed E-state index contributed by atoms with van der Waals surface area (Å²) in [5.74, 6) is 0.363. The van der Waals surface area contributed by atoms with E-state index >= 15 is 0 Å². The number of ether oxygens (including phenoxy) is 1. The molecule has 23 heavy (non-hydrogen) atoms. The van der Waals surface area contributed by atoms with Crippen LogP contribution in [-0.2, 0) is 11.3 Å². The number of nitrogens with one attached hydrogen (secondary N) is 1. The van der Waals surface area contributed by atoms with Crippen molar-refractivity contribution in [1.29, 1.82) is 0 Å². The molecule has 7 heteroatoms. The lowest BCUT2D eigenvalue weighted by molar-refractivity contribution is -0.122. The maximum absolute atomic E-state index is 11.8. The van der Waals surface area contributed by atoms with Gasteiger partial charge < -0.3 is 20.1 Å². The Morgan fingerprint density at radius 2 is 2.00 bits per heavy atom. The Bertz CT molecular complexity index is 570. The van der Waals surface area contributed by atoms with Crippen molar-refractivity contribution < 1.29 is 19.4 Å². The summed E-state index contributed by atoms with van der Waals surface area (Å²) in [5.41, 5.74) is 0.306. The number of benzene rings is 1. The second kappa shape index (κ2) is 8.06. The maximum Gasteiger partial charge on any atom is 0.407 e. The Hall–Kier alpha value is -1.95. The molecule has 0 heterocycles. The van der Waals surface area contributed by atoms with Crippen LogP contribution in [0.3, 0.4) is 0 Å². The highest BCUT2D eigenvalue weighted by atomic mass is 35.5. The molecule has 0 aromatic heterocycles. The Kier molecular flexibility index (Phi) is 6.69. The third-order valence-corrected chi connectivity index (χ3v) is 3.23. The molecule has 0 fully saturated rings. The molecule has 0 atom stereocenters. The van der Waals surface area contributed by atoms with Crippen LogP contribution in [0.5, 0.6) is 5.75 Å². The van der Waals surface area contributed by atoms with E-state index in [1.54, 1.807) is 18.2 Å². The fourth-order valence-electron chi connectivity index (χ4n) is 2.04. The standard InChI is InChI=1S/C16H23ClN2O4/c1-16(2,3)18-14(20)7-8-19(15(21)22)10-11-9-12(17)5-6-13(11)23-4/h5-6,9H,7-8,10H2,1-4H3,(H,18,20)(H,21,22). The van der Waals surface area contributed by atoms with E-state index in [4.69, 9.17) is 16.3 Å². The fourth-order valence-corrected chi connectivity index (χ4v) is 2.23. The van der Waals surface area contributed by atoms with Crippen molar-refractivity contribution in [3.05, 3.63) is 28.8 Å². The number of hydrogen-bond donors (Lipinski definition) is 2. The molecule has 1 rings (SSSR count). The first-order valence-corrected chi connectivity index (χ1v) is 7.61. The van der Waals surface area contributed by atoms with E-state index in [1.807, 2.05) is 20.8 Å². The summed E-state index contributed by atoms with van der Waals surface area (Å²) in [5, 5.41) is 12.6. The zero-order valence-electron chi connectivity index (χ0n) is 13.9. The lowest BCUT2D eigenvalue weighted by Gasteiger charge is -2.23. The van der Waals surface area contributed by atoms with Crippen molar-refractivity contribution in [2.45, 2.75) is 39.3 Å². The average Bonchev–Trinajstić information content (AvgIpc) is 2.41. The molecule has 0 aliphatic heterocycles. The summed E-state index contributed by atoms with van der Waals surface area (Å²) in [6.45, 7) is 5.80. The van der Waals surface area contributed by atoms with Crippen LogP contribution < -0.4 is 10.1 Å². The second-order valence-electron chi connectivity index (χ2n) is 6.21. The van der Waals surface area contributed by atoms with Crippen LogP contribution in [0.2, 0.25) is 5.02 Å². The van der Waals surface area contributed by atoms with Gasteiger partial charge in [0.05, 0.1) is 13.7 Å². The number of nitrogens with zero attached hydrogens (tertiary/aromatic N) is 1. The molecule has 1 aromatic rings. The quantitative estimate of drug-likeness (QED) is 0.832. The maximum atomic E-state index is 11.8. The molecular formula is C16H23ClN2O4. The smallest absolute Gasteiger partial charge is 0.407 e. The molecule has 0 spiro atoms. The van der Waals surface area contributed by atoms with E-state index in [1.165, 1.54) is 7.11 Å². The van der Waals surface area contributed by atoms with Crippen LogP contribution in [-0.4, -0.2) is 41.2 Å². The third-order valence-electron chi connectivity index (χ3n) is 3.00. The highest BCUT2D eigenvalue weighted by Crippen LogP contribution is 2.24. The predicted octanol–water partition coefficient (Wildman–Crippen LogP) is 3.13. The molecule has 0 radical (unpaired) electrons. The first kappa shape index (κ1) is 19.1. The van der Waals surface area contributed by atoms with E-state index in [2.05, 4.69) is 5.32 Å². The molecular weight excluding hydrogens is 320 g/mol. The molecule has 2 N–H and O–H groups in total. The topological polar surface area (TPSA) is 78.9 Å². The van der Waals surface area contributed by atoms with Crippen molar-refractivity contribution in [2.24, 2.45) is 0 Å². The largest absolute Gasteiger partial charge is 0.496 e. The van der Waals surface area contributed by atoms with Crippen molar-refractivity contribution in [3.8, 4) is 5.75 Å². The van der Waals surface area contributed by atoms with E-state index in [0.29, 0.717) is 16.3 Å². The minimum Gasteiger partial charge on any atom is -0.496 e. The Labute approximate surface area is 141 Å². The highest BCUT2D eigenvalue weighted by Gasteiger charge is 2.19. The first-order valence-electron chi connectivity index (χ1n) is 7.23. The summed E-state index contributed by atoms with van der Waals surface area (Å²) in [6, 6.07) is 5.02. The van der Waals surface area contributed by atoms with Gasteiger partial charge in [0.25, 0.3) is 0 Å². The molecule has 6 nitrogen and oxygen atoms in total. The highest BCUT2D eigenvalue weighted by molar-refractivity contribution is 6.30. The van der Waals surface area contributed by atoms with Gasteiger partial charge in [-0.1, -0.05) is 11.6 Å². The van der Waals surface area contributed by atoms with Crippen molar-refractivity contribution in [1.82, 2.24) is 10.2 Å². The number of carbonyl (C=O) groups is 2. The summed E-state index contributed by atoms with van der Waals surface area (Å²) >= 11 is 5.95. The van der Waals surface area contributed by atoms with Crippen LogP contribution in [0.4, 0.5) is 4.79 Å². The lowest BCUT2D eigenvalue weighted by atomic mass is 10.1. The van der Waals surface area contributed by atoms with Gasteiger partial charge in [0.2, 0.25) is 5.91 Å². The number of carbonyl (C=O) groups excluding carboxylic acids is 1. The normalized spacial score (nSPS) is 11.0. The van der Waals surface area contributed by atoms with Gasteiger partial charge in [-0.15, -0.1) is 0 Å². The van der Waals surface area contributed by atoms with E-state index < -0.39 is 6.09 Å². The molecule has 0 saturated heterocycles. The number of carboxylic acid groups (broad SMARTS) is 1. The van der Waals surface area contributed by atoms with Gasteiger partial charge >= 0.3 is 6.09 Å². The van der Waals surface area contributed by atoms with Crippen LogP contribution in [0.15, 0.2) is 18.2 Å². The molecule has 0 aliphatic rings. The zero-order chi connectivity index (χ0) is 17.6. The Balaban J connectivity index is 2.75. The van der Waals surface area contributed by atoms with Gasteiger partial charge in [0.15, 0.2) is 0 Å². The summed E-state index contributed by atoms with van der Waals surface area (Å²) in [7, 11) is 1.51. The molecule has 1 aromatic carbocycles. The van der Waals surface area contributed by atoms with E-state index in [0.717, 1.165) is 4.90 Å². The van der Waals surface area contributed by atoms with Gasteiger partial charge in [-0.2, -0.15) is 0 Å². The molecule has 0 aliphatic carbocycles. The van der Waals surface area contributed by atoms with E-state index in [-0.39, 0.29) is 31.0 Å². The first-order chi connectivity index (χ1) is 10.6. The lowest BCUT2D eigenvalue weighted by Crippen LogP contribution is -2.42. The van der Waals surface area contributed by atoms with Crippen LogP contribution in [0.1, 0.15) is 32.8 Å². The number of halogens is 1. The minimum atomic E-state index is -1.10.